The molecule has 1 N–H and O–H groups in total. The second-order valence-corrected chi connectivity index (χ2v) is 4.60. The van der Waals surface area contributed by atoms with Crippen molar-refractivity contribution >= 4 is 0 Å². The molecule has 1 atom stereocenters. The highest BCUT2D eigenvalue weighted by Crippen LogP contribution is 2.29. The van der Waals surface area contributed by atoms with Crippen LogP contribution in [0.2, 0.25) is 0 Å². The van der Waals surface area contributed by atoms with E-state index in [4.69, 9.17) is 0 Å². The summed E-state index contributed by atoms with van der Waals surface area (Å²) in [4.78, 5) is 3.94. The Hall–Kier alpha value is -1.82. The Bertz CT molecular complexity index is 518. The number of halogens is 3. The standard InChI is InChI=1S/C14H16F3N3/c1-11(19-7-9-20-8-6-18-10-20)12-2-4-13(5-3-12)14(15,16)17/h2-6,8,10-11,19H,7,9H2,1H3. The highest BCUT2D eigenvalue weighted by Gasteiger charge is 2.30. The molecule has 108 valence electrons. The van der Waals surface area contributed by atoms with Gasteiger partial charge in [-0.3, -0.25) is 0 Å². The summed E-state index contributed by atoms with van der Waals surface area (Å²) in [5.41, 5.74) is 0.218. The molecule has 1 heterocycles. The molecule has 0 radical (unpaired) electrons. The van der Waals surface area contributed by atoms with Crippen molar-refractivity contribution in [2.75, 3.05) is 6.54 Å². The van der Waals surface area contributed by atoms with Gasteiger partial charge in [-0.2, -0.15) is 13.2 Å². The van der Waals surface area contributed by atoms with E-state index in [1.165, 1.54) is 12.1 Å². The molecule has 0 spiro atoms. The molecule has 2 aromatic rings. The predicted molar refractivity (Wildman–Crippen MR) is 70.1 cm³/mol. The number of imidazole rings is 1. The number of nitrogens with one attached hydrogen (secondary N) is 1. The Morgan fingerprint density at radius 3 is 2.50 bits per heavy atom. The third-order valence-corrected chi connectivity index (χ3v) is 3.12. The van der Waals surface area contributed by atoms with Crippen LogP contribution in [0.25, 0.3) is 0 Å². The fourth-order valence-corrected chi connectivity index (χ4v) is 1.91. The molecule has 20 heavy (non-hydrogen) atoms. The number of alkyl halides is 3. The Kier molecular flexibility index (Phi) is 4.44. The normalized spacial score (nSPS) is 13.4. The minimum Gasteiger partial charge on any atom is -0.336 e. The second-order valence-electron chi connectivity index (χ2n) is 4.60. The fourth-order valence-electron chi connectivity index (χ4n) is 1.91. The molecule has 6 heteroatoms. The van der Waals surface area contributed by atoms with E-state index in [2.05, 4.69) is 10.3 Å². The van der Waals surface area contributed by atoms with Gasteiger partial charge in [0.05, 0.1) is 11.9 Å². The Morgan fingerprint density at radius 1 is 1.25 bits per heavy atom. The van der Waals surface area contributed by atoms with Crippen molar-refractivity contribution in [3.8, 4) is 0 Å². The van der Waals surface area contributed by atoms with Gasteiger partial charge >= 0.3 is 6.18 Å². The van der Waals surface area contributed by atoms with Gasteiger partial charge in [0.2, 0.25) is 0 Å². The minimum absolute atomic E-state index is 0.000745. The molecule has 3 nitrogen and oxygen atoms in total. The van der Waals surface area contributed by atoms with Crippen LogP contribution < -0.4 is 5.32 Å². The quantitative estimate of drug-likeness (QED) is 0.913. The van der Waals surface area contributed by atoms with Crippen molar-refractivity contribution in [2.24, 2.45) is 0 Å². The van der Waals surface area contributed by atoms with Crippen LogP contribution in [0, 0.1) is 0 Å². The predicted octanol–water partition coefficient (Wildman–Crippen LogP) is 3.25. The van der Waals surface area contributed by atoms with E-state index in [1.807, 2.05) is 17.7 Å². The van der Waals surface area contributed by atoms with Gasteiger partial charge in [-0.15, -0.1) is 0 Å². The lowest BCUT2D eigenvalue weighted by Gasteiger charge is -2.15. The maximum atomic E-state index is 12.5. The number of benzene rings is 1. The topological polar surface area (TPSA) is 29.9 Å². The number of aromatic nitrogens is 2. The molecule has 0 aliphatic carbocycles. The summed E-state index contributed by atoms with van der Waals surface area (Å²) in [6.45, 7) is 3.42. The van der Waals surface area contributed by atoms with Crippen molar-refractivity contribution in [3.63, 3.8) is 0 Å². The zero-order valence-electron chi connectivity index (χ0n) is 11.1. The molecule has 0 aliphatic heterocycles. The molecule has 0 saturated carbocycles. The summed E-state index contributed by atoms with van der Waals surface area (Å²) in [7, 11) is 0. The van der Waals surface area contributed by atoms with Gasteiger partial charge < -0.3 is 9.88 Å². The minimum atomic E-state index is -4.28. The largest absolute Gasteiger partial charge is 0.416 e. The highest BCUT2D eigenvalue weighted by molar-refractivity contribution is 5.26. The van der Waals surface area contributed by atoms with Crippen LogP contribution in [-0.2, 0) is 12.7 Å². The van der Waals surface area contributed by atoms with Crippen LogP contribution in [0.5, 0.6) is 0 Å². The van der Waals surface area contributed by atoms with Crippen molar-refractivity contribution < 1.29 is 13.2 Å². The van der Waals surface area contributed by atoms with E-state index in [1.54, 1.807) is 12.5 Å². The van der Waals surface area contributed by atoms with Gasteiger partial charge in [-0.1, -0.05) is 12.1 Å². The average molecular weight is 283 g/mol. The zero-order chi connectivity index (χ0) is 14.6. The van der Waals surface area contributed by atoms with E-state index in [0.717, 1.165) is 30.8 Å². The number of nitrogens with zero attached hydrogens (tertiary/aromatic N) is 2. The van der Waals surface area contributed by atoms with Crippen molar-refractivity contribution in [2.45, 2.75) is 25.7 Å². The van der Waals surface area contributed by atoms with Crippen LogP contribution in [0.4, 0.5) is 13.2 Å². The van der Waals surface area contributed by atoms with E-state index in [0.29, 0.717) is 0 Å². The van der Waals surface area contributed by atoms with Gasteiger partial charge in [0.1, 0.15) is 0 Å². The molecule has 1 aromatic carbocycles. The second kappa shape index (κ2) is 6.09. The molecule has 2 rings (SSSR count). The van der Waals surface area contributed by atoms with Crippen molar-refractivity contribution in [1.82, 2.24) is 14.9 Å². The number of rotatable bonds is 5. The van der Waals surface area contributed by atoms with E-state index >= 15 is 0 Å². The monoisotopic (exact) mass is 283 g/mol. The lowest BCUT2D eigenvalue weighted by atomic mass is 10.1. The first-order valence-electron chi connectivity index (χ1n) is 6.33. The molecule has 0 saturated heterocycles. The maximum Gasteiger partial charge on any atom is 0.416 e. The molecular weight excluding hydrogens is 267 g/mol. The van der Waals surface area contributed by atoms with Gasteiger partial charge in [-0.25, -0.2) is 4.98 Å². The van der Waals surface area contributed by atoms with Crippen LogP contribution in [0.15, 0.2) is 43.0 Å². The van der Waals surface area contributed by atoms with Gasteiger partial charge in [0, 0.05) is 31.5 Å². The summed E-state index contributed by atoms with van der Waals surface area (Å²) in [6, 6.07) is 5.25. The molecule has 1 aromatic heterocycles. The fraction of sp³-hybridized carbons (Fsp3) is 0.357. The van der Waals surface area contributed by atoms with Gasteiger partial charge in [0.15, 0.2) is 0 Å². The summed E-state index contributed by atoms with van der Waals surface area (Å²) in [5, 5.41) is 3.27. The van der Waals surface area contributed by atoms with Crippen molar-refractivity contribution in [3.05, 3.63) is 54.1 Å². The van der Waals surface area contributed by atoms with Gasteiger partial charge in [-0.05, 0) is 24.6 Å². The maximum absolute atomic E-state index is 12.5. The SMILES string of the molecule is CC(NCCn1ccnc1)c1ccc(C(F)(F)F)cc1. The number of hydrogen-bond donors (Lipinski definition) is 1. The zero-order valence-corrected chi connectivity index (χ0v) is 11.1. The van der Waals surface area contributed by atoms with E-state index < -0.39 is 11.7 Å². The van der Waals surface area contributed by atoms with Crippen LogP contribution in [-0.4, -0.2) is 16.1 Å². The molecular formula is C14H16F3N3. The first-order chi connectivity index (χ1) is 9.47. The average Bonchev–Trinajstić information content (AvgIpc) is 2.91. The Morgan fingerprint density at radius 2 is 1.95 bits per heavy atom. The lowest BCUT2D eigenvalue weighted by Crippen LogP contribution is -2.23. The molecule has 0 amide bonds. The highest BCUT2D eigenvalue weighted by atomic mass is 19.4. The molecule has 1 unspecified atom stereocenters. The Labute approximate surface area is 115 Å². The molecule has 0 bridgehead atoms. The third kappa shape index (κ3) is 3.84. The summed E-state index contributed by atoms with van der Waals surface area (Å²) in [6.07, 6.45) is 1.02. The Balaban J connectivity index is 1.87. The third-order valence-electron chi connectivity index (χ3n) is 3.12. The summed E-state index contributed by atoms with van der Waals surface area (Å²) >= 11 is 0. The number of hydrogen-bond acceptors (Lipinski definition) is 2. The molecule has 0 fully saturated rings. The van der Waals surface area contributed by atoms with E-state index in [-0.39, 0.29) is 6.04 Å². The summed E-state index contributed by atoms with van der Waals surface area (Å²) in [5.74, 6) is 0. The first-order valence-corrected chi connectivity index (χ1v) is 6.33. The van der Waals surface area contributed by atoms with Crippen LogP contribution >= 0.6 is 0 Å². The smallest absolute Gasteiger partial charge is 0.336 e. The van der Waals surface area contributed by atoms with Crippen molar-refractivity contribution in [1.29, 1.82) is 0 Å². The first kappa shape index (κ1) is 14.6. The van der Waals surface area contributed by atoms with Crippen LogP contribution in [0.3, 0.4) is 0 Å². The molecule has 0 aliphatic rings. The van der Waals surface area contributed by atoms with Crippen LogP contribution in [0.1, 0.15) is 24.1 Å². The van der Waals surface area contributed by atoms with E-state index in [9.17, 15) is 13.2 Å². The lowest BCUT2D eigenvalue weighted by molar-refractivity contribution is -0.137. The van der Waals surface area contributed by atoms with Gasteiger partial charge in [0.25, 0.3) is 0 Å². The summed E-state index contributed by atoms with van der Waals surface area (Å²) < 4.78 is 39.3.